The molecule has 0 aliphatic rings. The van der Waals surface area contributed by atoms with Gasteiger partial charge in [0.05, 0.1) is 17.3 Å². The second-order valence-electron chi connectivity index (χ2n) is 6.50. The van der Waals surface area contributed by atoms with Crippen molar-refractivity contribution in [3.63, 3.8) is 0 Å². The van der Waals surface area contributed by atoms with Crippen molar-refractivity contribution < 1.29 is 22.7 Å². The van der Waals surface area contributed by atoms with E-state index >= 15 is 0 Å². The lowest BCUT2D eigenvalue weighted by Crippen LogP contribution is -2.41. The highest BCUT2D eigenvalue weighted by atomic mass is 35.5. The number of alkyl halides is 3. The van der Waals surface area contributed by atoms with Crippen LogP contribution in [0.3, 0.4) is 0 Å². The van der Waals surface area contributed by atoms with E-state index in [1.807, 2.05) is 31.2 Å². The van der Waals surface area contributed by atoms with Crippen molar-refractivity contribution in [2.75, 3.05) is 25.5 Å². The summed E-state index contributed by atoms with van der Waals surface area (Å²) in [5, 5.41) is 2.29. The molecule has 0 saturated heterocycles. The summed E-state index contributed by atoms with van der Waals surface area (Å²) in [6.45, 7) is 4.34. The van der Waals surface area contributed by atoms with Crippen molar-refractivity contribution in [1.29, 1.82) is 0 Å². The number of likely N-dealkylation sites (N-methyl/N-ethyl adjacent to an activating group) is 1. The van der Waals surface area contributed by atoms with Gasteiger partial charge in [-0.05, 0) is 56.8 Å². The van der Waals surface area contributed by atoms with Crippen LogP contribution >= 0.6 is 11.6 Å². The van der Waals surface area contributed by atoms with Gasteiger partial charge in [-0.25, -0.2) is 0 Å². The van der Waals surface area contributed by atoms with E-state index in [1.54, 1.807) is 18.9 Å². The van der Waals surface area contributed by atoms with Gasteiger partial charge in [-0.3, -0.25) is 9.69 Å². The highest BCUT2D eigenvalue weighted by molar-refractivity contribution is 6.30. The molecule has 0 aromatic heterocycles. The van der Waals surface area contributed by atoms with Gasteiger partial charge in [0.2, 0.25) is 5.91 Å². The molecule has 152 valence electrons. The van der Waals surface area contributed by atoms with E-state index in [2.05, 4.69) is 5.32 Å². The van der Waals surface area contributed by atoms with Gasteiger partial charge in [-0.2, -0.15) is 13.2 Å². The van der Waals surface area contributed by atoms with Crippen molar-refractivity contribution in [2.45, 2.75) is 26.1 Å². The second-order valence-corrected chi connectivity index (χ2v) is 6.93. The number of nitrogens with one attached hydrogen (secondary N) is 1. The third kappa shape index (κ3) is 6.14. The number of amides is 1. The summed E-state index contributed by atoms with van der Waals surface area (Å²) in [5.74, 6) is 0.173. The van der Waals surface area contributed by atoms with E-state index in [9.17, 15) is 18.0 Å². The molecule has 0 bridgehead atoms. The predicted molar refractivity (Wildman–Crippen MR) is 104 cm³/mol. The molecule has 8 heteroatoms. The first kappa shape index (κ1) is 22.0. The lowest BCUT2D eigenvalue weighted by Gasteiger charge is -2.24. The number of anilines is 1. The number of aryl methyl sites for hydroxylation is 1. The fourth-order valence-electron chi connectivity index (χ4n) is 2.50. The third-order valence-electron chi connectivity index (χ3n) is 4.29. The molecule has 0 fully saturated rings. The fraction of sp³-hybridized carbons (Fsp3) is 0.350. The Labute approximate surface area is 167 Å². The van der Waals surface area contributed by atoms with Crippen LogP contribution in [0.4, 0.5) is 18.9 Å². The van der Waals surface area contributed by atoms with Gasteiger partial charge in [0.15, 0.2) is 0 Å². The van der Waals surface area contributed by atoms with Crippen molar-refractivity contribution >= 4 is 23.2 Å². The smallest absolute Gasteiger partial charge is 0.418 e. The van der Waals surface area contributed by atoms with Crippen LogP contribution in [-0.4, -0.2) is 37.0 Å². The van der Waals surface area contributed by atoms with Crippen LogP contribution in [0.2, 0.25) is 5.02 Å². The van der Waals surface area contributed by atoms with Crippen molar-refractivity contribution in [3.05, 3.63) is 58.6 Å². The molecular weight excluding hydrogens is 393 g/mol. The van der Waals surface area contributed by atoms with Crippen LogP contribution in [0.15, 0.2) is 42.5 Å². The molecule has 0 spiro atoms. The molecule has 1 N–H and O–H groups in total. The first-order chi connectivity index (χ1) is 13.1. The minimum atomic E-state index is -4.62. The molecule has 0 saturated carbocycles. The summed E-state index contributed by atoms with van der Waals surface area (Å²) in [4.78, 5) is 14.1. The Bertz CT molecular complexity index is 827. The average molecular weight is 415 g/mol. The number of carbonyl (C=O) groups excluding carboxylic acids is 1. The Hall–Kier alpha value is -2.25. The molecule has 0 heterocycles. The van der Waals surface area contributed by atoms with Gasteiger partial charge in [0, 0.05) is 11.6 Å². The Morgan fingerprint density at radius 2 is 1.96 bits per heavy atom. The van der Waals surface area contributed by atoms with Crippen LogP contribution in [0, 0.1) is 6.92 Å². The summed E-state index contributed by atoms with van der Waals surface area (Å²) in [7, 11) is 1.70. The Morgan fingerprint density at radius 1 is 1.25 bits per heavy atom. The number of ether oxygens (including phenoxy) is 1. The number of benzene rings is 2. The van der Waals surface area contributed by atoms with Gasteiger partial charge < -0.3 is 10.1 Å². The van der Waals surface area contributed by atoms with Gasteiger partial charge >= 0.3 is 6.18 Å². The van der Waals surface area contributed by atoms with E-state index in [0.29, 0.717) is 13.2 Å². The third-order valence-corrected chi connectivity index (χ3v) is 4.52. The van der Waals surface area contributed by atoms with E-state index in [-0.39, 0.29) is 10.7 Å². The summed E-state index contributed by atoms with van der Waals surface area (Å²) in [6.07, 6.45) is -4.62. The second kappa shape index (κ2) is 9.30. The zero-order valence-corrected chi connectivity index (χ0v) is 16.6. The molecule has 2 aromatic rings. The first-order valence-corrected chi connectivity index (χ1v) is 9.03. The molecule has 28 heavy (non-hydrogen) atoms. The van der Waals surface area contributed by atoms with E-state index < -0.39 is 23.7 Å². The molecule has 0 radical (unpaired) electrons. The highest BCUT2D eigenvalue weighted by Gasteiger charge is 2.34. The largest absolute Gasteiger partial charge is 0.492 e. The number of nitrogens with zero attached hydrogens (tertiary/aromatic N) is 1. The van der Waals surface area contributed by atoms with Gasteiger partial charge in [0.1, 0.15) is 12.4 Å². The van der Waals surface area contributed by atoms with E-state index in [4.69, 9.17) is 16.3 Å². The standard InChI is InChI=1S/C20H22ClF3N2O2/c1-13-5-4-6-16(11-13)28-10-9-26(3)14(2)19(27)25-18-8-7-15(21)12-17(18)20(22,23)24/h4-8,11-12,14H,9-10H2,1-3H3,(H,25,27). The fourth-order valence-corrected chi connectivity index (χ4v) is 2.68. The maximum absolute atomic E-state index is 13.2. The number of halogens is 4. The summed E-state index contributed by atoms with van der Waals surface area (Å²) >= 11 is 5.66. The molecule has 2 aromatic carbocycles. The lowest BCUT2D eigenvalue weighted by molar-refractivity contribution is -0.137. The number of rotatable bonds is 7. The maximum atomic E-state index is 13.2. The van der Waals surface area contributed by atoms with Gasteiger partial charge in [0.25, 0.3) is 0 Å². The summed E-state index contributed by atoms with van der Waals surface area (Å²) in [6, 6.07) is 10.2. The van der Waals surface area contributed by atoms with Crippen LogP contribution in [0.25, 0.3) is 0 Å². The highest BCUT2D eigenvalue weighted by Crippen LogP contribution is 2.36. The molecular formula is C20H22ClF3N2O2. The van der Waals surface area contributed by atoms with Crippen LogP contribution in [0.1, 0.15) is 18.1 Å². The zero-order valence-electron chi connectivity index (χ0n) is 15.8. The SMILES string of the molecule is Cc1cccc(OCCN(C)C(C)C(=O)Nc2ccc(Cl)cc2C(F)(F)F)c1. The molecule has 0 aliphatic carbocycles. The first-order valence-electron chi connectivity index (χ1n) is 8.65. The number of hydrogen-bond donors (Lipinski definition) is 1. The maximum Gasteiger partial charge on any atom is 0.418 e. The topological polar surface area (TPSA) is 41.6 Å². The Morgan fingerprint density at radius 3 is 2.61 bits per heavy atom. The van der Waals surface area contributed by atoms with Crippen molar-refractivity contribution in [3.8, 4) is 5.75 Å². The van der Waals surface area contributed by atoms with Crippen LogP contribution < -0.4 is 10.1 Å². The molecule has 4 nitrogen and oxygen atoms in total. The van der Waals surface area contributed by atoms with E-state index in [1.165, 1.54) is 6.07 Å². The van der Waals surface area contributed by atoms with Crippen molar-refractivity contribution in [2.24, 2.45) is 0 Å². The van der Waals surface area contributed by atoms with Gasteiger partial charge in [-0.15, -0.1) is 0 Å². The van der Waals surface area contributed by atoms with Crippen LogP contribution in [0.5, 0.6) is 5.75 Å². The minimum Gasteiger partial charge on any atom is -0.492 e. The Kier molecular flexibility index (Phi) is 7.32. The predicted octanol–water partition coefficient (Wildman–Crippen LogP) is 5.01. The number of carbonyl (C=O) groups is 1. The van der Waals surface area contributed by atoms with E-state index in [0.717, 1.165) is 23.4 Å². The number of hydrogen-bond acceptors (Lipinski definition) is 3. The minimum absolute atomic E-state index is 0.0520. The summed E-state index contributed by atoms with van der Waals surface area (Å²) in [5.41, 5.74) is -0.230. The van der Waals surface area contributed by atoms with Crippen LogP contribution in [-0.2, 0) is 11.0 Å². The molecule has 1 atom stereocenters. The molecule has 2 rings (SSSR count). The Balaban J connectivity index is 1.95. The van der Waals surface area contributed by atoms with Gasteiger partial charge in [-0.1, -0.05) is 23.7 Å². The van der Waals surface area contributed by atoms with Crippen molar-refractivity contribution in [1.82, 2.24) is 4.90 Å². The molecule has 0 aliphatic heterocycles. The zero-order chi connectivity index (χ0) is 20.9. The normalized spacial score (nSPS) is 12.7. The monoisotopic (exact) mass is 414 g/mol. The molecule has 1 amide bonds. The summed E-state index contributed by atoms with van der Waals surface area (Å²) < 4.78 is 45.1. The average Bonchev–Trinajstić information content (AvgIpc) is 2.61. The lowest BCUT2D eigenvalue weighted by atomic mass is 10.1. The quantitative estimate of drug-likeness (QED) is 0.692. The molecule has 1 unspecified atom stereocenters.